The molecule has 0 saturated carbocycles. The van der Waals surface area contributed by atoms with Gasteiger partial charge in [-0.2, -0.15) is 0 Å². The summed E-state index contributed by atoms with van der Waals surface area (Å²) in [5.41, 5.74) is 4.33. The standard InChI is InChI=1S/C16H17N5OS/c1-9-5-4-6-10(2)12(9)21-15(22)11(3)23-16-13-14(18-7-17-13)19-8-20-16/h4-8,11H,1-3H3,(H,21,22)(H,17,18,19,20)/t11-/m0/s1. The number of H-pyrrole nitrogens is 1. The van der Waals surface area contributed by atoms with Crippen LogP contribution in [0.1, 0.15) is 18.1 Å². The molecule has 0 aliphatic heterocycles. The number of anilines is 1. The fraction of sp³-hybridized carbons (Fsp3) is 0.250. The van der Waals surface area contributed by atoms with Crippen LogP contribution in [-0.2, 0) is 4.79 Å². The predicted octanol–water partition coefficient (Wildman–Crippen LogP) is 3.09. The average Bonchev–Trinajstić information content (AvgIpc) is 3.00. The molecule has 2 aromatic heterocycles. The van der Waals surface area contributed by atoms with Gasteiger partial charge in [-0.15, -0.1) is 0 Å². The summed E-state index contributed by atoms with van der Waals surface area (Å²) in [7, 11) is 0. The Hall–Kier alpha value is -2.41. The van der Waals surface area contributed by atoms with Gasteiger partial charge in [0.1, 0.15) is 16.9 Å². The summed E-state index contributed by atoms with van der Waals surface area (Å²) in [5.74, 6) is -0.0568. The molecule has 0 bridgehead atoms. The minimum atomic E-state index is -0.296. The fourth-order valence-corrected chi connectivity index (χ4v) is 3.17. The van der Waals surface area contributed by atoms with Crippen LogP contribution in [0.3, 0.4) is 0 Å². The number of aryl methyl sites for hydroxylation is 2. The van der Waals surface area contributed by atoms with Crippen molar-refractivity contribution >= 4 is 34.5 Å². The highest BCUT2D eigenvalue weighted by Crippen LogP contribution is 2.27. The number of para-hydroxylation sites is 1. The molecule has 1 aromatic carbocycles. The molecule has 23 heavy (non-hydrogen) atoms. The van der Waals surface area contributed by atoms with E-state index in [2.05, 4.69) is 25.3 Å². The summed E-state index contributed by atoms with van der Waals surface area (Å²) < 4.78 is 0. The van der Waals surface area contributed by atoms with Crippen LogP contribution in [-0.4, -0.2) is 31.1 Å². The number of hydrogen-bond acceptors (Lipinski definition) is 5. The Kier molecular flexibility index (Phi) is 4.29. The van der Waals surface area contributed by atoms with Crippen molar-refractivity contribution < 1.29 is 4.79 Å². The molecule has 0 aliphatic rings. The molecular weight excluding hydrogens is 310 g/mol. The molecule has 0 aliphatic carbocycles. The van der Waals surface area contributed by atoms with E-state index in [0.717, 1.165) is 27.4 Å². The second kappa shape index (κ2) is 6.37. The predicted molar refractivity (Wildman–Crippen MR) is 91.5 cm³/mol. The normalized spacial score (nSPS) is 12.3. The number of thioether (sulfide) groups is 1. The van der Waals surface area contributed by atoms with Crippen molar-refractivity contribution in [3.8, 4) is 0 Å². The molecule has 0 fully saturated rings. The van der Waals surface area contributed by atoms with Crippen LogP contribution >= 0.6 is 11.8 Å². The number of aromatic amines is 1. The molecule has 0 saturated heterocycles. The van der Waals surface area contributed by atoms with Crippen molar-refractivity contribution in [2.75, 3.05) is 5.32 Å². The Balaban J connectivity index is 1.77. The van der Waals surface area contributed by atoms with Crippen LogP contribution < -0.4 is 5.32 Å². The first-order valence-electron chi connectivity index (χ1n) is 7.24. The number of amides is 1. The van der Waals surface area contributed by atoms with Gasteiger partial charge in [-0.1, -0.05) is 30.0 Å². The molecule has 1 atom stereocenters. The molecule has 118 valence electrons. The molecule has 0 radical (unpaired) electrons. The molecule has 7 heteroatoms. The highest BCUT2D eigenvalue weighted by molar-refractivity contribution is 8.00. The minimum Gasteiger partial charge on any atom is -0.341 e. The highest BCUT2D eigenvalue weighted by atomic mass is 32.2. The maximum atomic E-state index is 12.5. The Bertz CT molecular complexity index is 840. The van der Waals surface area contributed by atoms with Crippen LogP contribution in [0.2, 0.25) is 0 Å². The molecule has 2 N–H and O–H groups in total. The lowest BCUT2D eigenvalue weighted by Gasteiger charge is -2.15. The van der Waals surface area contributed by atoms with E-state index in [0.29, 0.717) is 5.65 Å². The fourth-order valence-electron chi connectivity index (χ4n) is 2.29. The van der Waals surface area contributed by atoms with E-state index < -0.39 is 0 Å². The summed E-state index contributed by atoms with van der Waals surface area (Å²) in [5, 5.41) is 3.43. The Morgan fingerprint density at radius 3 is 2.70 bits per heavy atom. The minimum absolute atomic E-state index is 0.0568. The summed E-state index contributed by atoms with van der Waals surface area (Å²) in [6, 6.07) is 5.95. The third-order valence-corrected chi connectivity index (χ3v) is 4.68. The summed E-state index contributed by atoms with van der Waals surface area (Å²) in [6.07, 6.45) is 3.03. The lowest BCUT2D eigenvalue weighted by molar-refractivity contribution is -0.115. The number of carbonyl (C=O) groups is 1. The SMILES string of the molecule is Cc1cccc(C)c1NC(=O)[C@H](C)Sc1ncnc2nc[nH]c12. The first kappa shape index (κ1) is 15.5. The number of hydrogen-bond donors (Lipinski definition) is 2. The maximum absolute atomic E-state index is 12.5. The van der Waals surface area contributed by atoms with Crippen molar-refractivity contribution in [1.82, 2.24) is 19.9 Å². The van der Waals surface area contributed by atoms with Gasteiger partial charge in [0.05, 0.1) is 11.6 Å². The van der Waals surface area contributed by atoms with Crippen LogP contribution in [0.5, 0.6) is 0 Å². The first-order valence-corrected chi connectivity index (χ1v) is 8.12. The molecule has 6 nitrogen and oxygen atoms in total. The van der Waals surface area contributed by atoms with Crippen molar-refractivity contribution in [3.05, 3.63) is 42.0 Å². The Labute approximate surface area is 138 Å². The van der Waals surface area contributed by atoms with Gasteiger partial charge in [-0.3, -0.25) is 4.79 Å². The summed E-state index contributed by atoms with van der Waals surface area (Å²) in [4.78, 5) is 27.9. The number of rotatable bonds is 4. The molecule has 0 unspecified atom stereocenters. The second-order valence-electron chi connectivity index (χ2n) is 5.30. The second-order valence-corrected chi connectivity index (χ2v) is 6.63. The Morgan fingerprint density at radius 2 is 1.96 bits per heavy atom. The average molecular weight is 327 g/mol. The summed E-state index contributed by atoms with van der Waals surface area (Å²) >= 11 is 1.38. The van der Waals surface area contributed by atoms with Crippen LogP contribution in [0.15, 0.2) is 35.9 Å². The summed E-state index contributed by atoms with van der Waals surface area (Å²) in [6.45, 7) is 5.83. The van der Waals surface area contributed by atoms with Gasteiger partial charge < -0.3 is 10.3 Å². The number of imidazole rings is 1. The zero-order chi connectivity index (χ0) is 16.4. The third kappa shape index (κ3) is 3.19. The lowest BCUT2D eigenvalue weighted by atomic mass is 10.1. The zero-order valence-electron chi connectivity index (χ0n) is 13.1. The van der Waals surface area contributed by atoms with Crippen LogP contribution in [0, 0.1) is 13.8 Å². The first-order chi connectivity index (χ1) is 11.1. The van der Waals surface area contributed by atoms with Crippen LogP contribution in [0.25, 0.3) is 11.2 Å². The smallest absolute Gasteiger partial charge is 0.237 e. The topological polar surface area (TPSA) is 83.6 Å². The lowest BCUT2D eigenvalue weighted by Crippen LogP contribution is -2.23. The van der Waals surface area contributed by atoms with E-state index in [4.69, 9.17) is 0 Å². The quantitative estimate of drug-likeness (QED) is 0.568. The molecule has 0 spiro atoms. The van der Waals surface area contributed by atoms with E-state index in [1.54, 1.807) is 6.33 Å². The van der Waals surface area contributed by atoms with Crippen molar-refractivity contribution in [3.63, 3.8) is 0 Å². The van der Waals surface area contributed by atoms with Crippen molar-refractivity contribution in [2.24, 2.45) is 0 Å². The van der Waals surface area contributed by atoms with E-state index >= 15 is 0 Å². The number of carbonyl (C=O) groups excluding carboxylic acids is 1. The number of benzene rings is 1. The molecule has 1 amide bonds. The van der Waals surface area contributed by atoms with E-state index in [1.807, 2.05) is 39.0 Å². The van der Waals surface area contributed by atoms with Crippen LogP contribution in [0.4, 0.5) is 5.69 Å². The van der Waals surface area contributed by atoms with Gasteiger partial charge in [-0.25, -0.2) is 15.0 Å². The number of nitrogens with one attached hydrogen (secondary N) is 2. The van der Waals surface area contributed by atoms with Gasteiger partial charge in [0, 0.05) is 5.69 Å². The molecule has 3 aromatic rings. The molecule has 3 rings (SSSR count). The van der Waals surface area contributed by atoms with E-state index in [9.17, 15) is 4.79 Å². The van der Waals surface area contributed by atoms with Gasteiger partial charge in [-0.05, 0) is 31.9 Å². The maximum Gasteiger partial charge on any atom is 0.237 e. The molecular formula is C16H17N5OS. The van der Waals surface area contributed by atoms with Crippen molar-refractivity contribution in [1.29, 1.82) is 0 Å². The van der Waals surface area contributed by atoms with Gasteiger partial charge in [0.25, 0.3) is 0 Å². The molecule has 2 heterocycles. The zero-order valence-corrected chi connectivity index (χ0v) is 13.9. The Morgan fingerprint density at radius 1 is 1.22 bits per heavy atom. The number of fused-ring (bicyclic) bond motifs is 1. The van der Waals surface area contributed by atoms with E-state index in [-0.39, 0.29) is 11.2 Å². The highest BCUT2D eigenvalue weighted by Gasteiger charge is 2.19. The van der Waals surface area contributed by atoms with Gasteiger partial charge >= 0.3 is 0 Å². The third-order valence-electron chi connectivity index (χ3n) is 3.58. The number of nitrogens with zero attached hydrogens (tertiary/aromatic N) is 3. The monoisotopic (exact) mass is 327 g/mol. The number of aromatic nitrogens is 4. The largest absolute Gasteiger partial charge is 0.341 e. The van der Waals surface area contributed by atoms with E-state index in [1.165, 1.54) is 18.1 Å². The van der Waals surface area contributed by atoms with Crippen molar-refractivity contribution in [2.45, 2.75) is 31.0 Å². The van der Waals surface area contributed by atoms with Gasteiger partial charge in [0.2, 0.25) is 5.91 Å². The van der Waals surface area contributed by atoms with Gasteiger partial charge in [0.15, 0.2) is 5.65 Å².